The van der Waals surface area contributed by atoms with Crippen molar-refractivity contribution in [2.75, 3.05) is 36.9 Å². The van der Waals surface area contributed by atoms with Crippen LogP contribution in [-0.2, 0) is 6.42 Å². The molecular formula is C24H28ClN5OS. The average Bonchev–Trinajstić information content (AvgIpc) is 3.32. The van der Waals surface area contributed by atoms with Crippen LogP contribution in [0.25, 0.3) is 10.2 Å². The number of aromatic nitrogens is 1. The Morgan fingerprint density at radius 3 is 2.66 bits per heavy atom. The van der Waals surface area contributed by atoms with Gasteiger partial charge in [0.2, 0.25) is 0 Å². The second-order valence-corrected chi connectivity index (χ2v) is 10.1. The van der Waals surface area contributed by atoms with Crippen LogP contribution in [0.15, 0.2) is 30.3 Å². The number of thiophene rings is 1. The van der Waals surface area contributed by atoms with Gasteiger partial charge in [0.15, 0.2) is 0 Å². The summed E-state index contributed by atoms with van der Waals surface area (Å²) < 4.78 is 0. The number of benzene rings is 1. The first-order valence-electron chi connectivity index (χ1n) is 11.2. The molecule has 0 spiro atoms. The molecule has 2 saturated heterocycles. The van der Waals surface area contributed by atoms with Crippen LogP contribution < -0.4 is 20.9 Å². The average molecular weight is 470 g/mol. The topological polar surface area (TPSA) is 69.3 Å². The number of carbonyl (C=O) groups excluding carboxylic acids is 1. The molecule has 2 aliphatic rings. The van der Waals surface area contributed by atoms with Crippen LogP contribution in [0.3, 0.4) is 0 Å². The number of anilines is 2. The number of hydrogen-bond donors (Lipinski definition) is 3. The van der Waals surface area contributed by atoms with Crippen LogP contribution in [0.2, 0.25) is 5.15 Å². The fourth-order valence-electron chi connectivity index (χ4n) is 4.79. The largest absolute Gasteiger partial charge is 0.386 e. The van der Waals surface area contributed by atoms with Crippen molar-refractivity contribution in [3.05, 3.63) is 51.5 Å². The summed E-state index contributed by atoms with van der Waals surface area (Å²) in [6.45, 7) is 4.69. The van der Waals surface area contributed by atoms with Gasteiger partial charge in [-0.1, -0.05) is 23.7 Å². The molecule has 5 rings (SSSR count). The quantitative estimate of drug-likeness (QED) is 0.472. The zero-order valence-electron chi connectivity index (χ0n) is 18.4. The maximum atomic E-state index is 12.9. The summed E-state index contributed by atoms with van der Waals surface area (Å²) in [4.78, 5) is 21.2. The van der Waals surface area contributed by atoms with E-state index in [1.807, 2.05) is 20.0 Å². The molecule has 2 aromatic heterocycles. The van der Waals surface area contributed by atoms with Crippen molar-refractivity contribution in [2.24, 2.45) is 0 Å². The smallest absolute Gasteiger partial charge is 0.263 e. The van der Waals surface area contributed by atoms with E-state index in [9.17, 15) is 4.79 Å². The van der Waals surface area contributed by atoms with Gasteiger partial charge >= 0.3 is 0 Å². The lowest BCUT2D eigenvalue weighted by Crippen LogP contribution is -2.51. The van der Waals surface area contributed by atoms with Gasteiger partial charge in [0.25, 0.3) is 5.91 Å². The standard InChI is InChI=1S/C24H28ClN5OS/c1-14-11-19-20(26-2)21(32-24(19)29-22(14)25)23(31)27-10-9-15-3-7-18(8-4-15)30-12-16-5-6-17(13-30)28-16/h3-4,7-8,11,16-17,26,28H,5-6,9-10,12-13H2,1-2H3,(H,27,31). The van der Waals surface area contributed by atoms with Crippen LogP contribution >= 0.6 is 22.9 Å². The molecule has 2 bridgehead atoms. The van der Waals surface area contributed by atoms with Gasteiger partial charge in [-0.3, -0.25) is 4.79 Å². The fraction of sp³-hybridized carbons (Fsp3) is 0.417. The van der Waals surface area contributed by atoms with Crippen LogP contribution in [0, 0.1) is 6.92 Å². The van der Waals surface area contributed by atoms with E-state index in [1.165, 1.54) is 35.4 Å². The Labute approximate surface area is 197 Å². The number of hydrogen-bond acceptors (Lipinski definition) is 6. The number of halogens is 1. The molecular weight excluding hydrogens is 442 g/mol. The van der Waals surface area contributed by atoms with Crippen LogP contribution in [-0.4, -0.2) is 49.7 Å². The molecule has 168 valence electrons. The summed E-state index contributed by atoms with van der Waals surface area (Å²) in [7, 11) is 1.83. The lowest BCUT2D eigenvalue weighted by atomic mass is 10.1. The van der Waals surface area contributed by atoms with E-state index in [-0.39, 0.29) is 5.91 Å². The molecule has 1 aromatic carbocycles. The summed E-state index contributed by atoms with van der Waals surface area (Å²) in [5.74, 6) is -0.0842. The zero-order valence-corrected chi connectivity index (χ0v) is 19.9. The second kappa shape index (κ2) is 8.89. The third-order valence-electron chi connectivity index (χ3n) is 6.48. The minimum Gasteiger partial charge on any atom is -0.386 e. The summed E-state index contributed by atoms with van der Waals surface area (Å²) in [6.07, 6.45) is 3.37. The van der Waals surface area contributed by atoms with Crippen molar-refractivity contribution < 1.29 is 4.79 Å². The predicted molar refractivity (Wildman–Crippen MR) is 134 cm³/mol. The van der Waals surface area contributed by atoms with E-state index in [2.05, 4.69) is 50.1 Å². The Kier molecular flexibility index (Phi) is 5.97. The molecule has 2 fully saturated rings. The maximum absolute atomic E-state index is 12.9. The molecule has 3 N–H and O–H groups in total. The molecule has 1 amide bonds. The Morgan fingerprint density at radius 1 is 1.25 bits per heavy atom. The van der Waals surface area contributed by atoms with Gasteiger partial charge in [-0.05, 0) is 55.5 Å². The lowest BCUT2D eigenvalue weighted by Gasteiger charge is -2.34. The van der Waals surface area contributed by atoms with Crippen molar-refractivity contribution in [3.8, 4) is 0 Å². The first-order chi connectivity index (χ1) is 15.5. The van der Waals surface area contributed by atoms with Gasteiger partial charge in [0, 0.05) is 49.8 Å². The highest BCUT2D eigenvalue weighted by atomic mass is 35.5. The van der Waals surface area contributed by atoms with Gasteiger partial charge < -0.3 is 20.9 Å². The van der Waals surface area contributed by atoms with E-state index >= 15 is 0 Å². The minimum absolute atomic E-state index is 0.0842. The number of rotatable bonds is 6. The monoisotopic (exact) mass is 469 g/mol. The molecule has 3 aromatic rings. The predicted octanol–water partition coefficient (Wildman–Crippen LogP) is 4.21. The number of fused-ring (bicyclic) bond motifs is 3. The van der Waals surface area contributed by atoms with Gasteiger partial charge in [0.1, 0.15) is 14.9 Å². The van der Waals surface area contributed by atoms with Gasteiger partial charge in [-0.2, -0.15) is 0 Å². The molecule has 0 radical (unpaired) electrons. The molecule has 0 aliphatic carbocycles. The number of piperazine rings is 1. The number of carbonyl (C=O) groups is 1. The van der Waals surface area contributed by atoms with Crippen molar-refractivity contribution in [1.82, 2.24) is 15.6 Å². The molecule has 2 unspecified atom stereocenters. The summed E-state index contributed by atoms with van der Waals surface area (Å²) >= 11 is 7.54. The summed E-state index contributed by atoms with van der Waals surface area (Å²) in [6, 6.07) is 12.0. The number of aryl methyl sites for hydroxylation is 1. The number of amides is 1. The Bertz CT molecular complexity index is 1130. The molecule has 4 heterocycles. The highest BCUT2D eigenvalue weighted by Gasteiger charge is 2.32. The van der Waals surface area contributed by atoms with Crippen molar-refractivity contribution in [2.45, 2.75) is 38.3 Å². The summed E-state index contributed by atoms with van der Waals surface area (Å²) in [5, 5.41) is 11.3. The molecule has 2 aliphatic heterocycles. The Morgan fingerprint density at radius 2 is 1.97 bits per heavy atom. The molecule has 8 heteroatoms. The number of pyridine rings is 1. The highest BCUT2D eigenvalue weighted by Crippen LogP contribution is 2.36. The van der Waals surface area contributed by atoms with Gasteiger partial charge in [-0.25, -0.2) is 4.98 Å². The Hall–Kier alpha value is -2.35. The number of nitrogens with one attached hydrogen (secondary N) is 3. The molecule has 0 saturated carbocycles. The molecule has 2 atom stereocenters. The van der Waals surface area contributed by atoms with Gasteiger partial charge in [-0.15, -0.1) is 11.3 Å². The minimum atomic E-state index is -0.0842. The third-order valence-corrected chi connectivity index (χ3v) is 7.97. The highest BCUT2D eigenvalue weighted by molar-refractivity contribution is 7.21. The lowest BCUT2D eigenvalue weighted by molar-refractivity contribution is 0.0959. The second-order valence-electron chi connectivity index (χ2n) is 8.72. The van der Waals surface area contributed by atoms with E-state index in [1.54, 1.807) is 0 Å². The van der Waals surface area contributed by atoms with E-state index in [4.69, 9.17) is 11.6 Å². The molecule has 32 heavy (non-hydrogen) atoms. The van der Waals surface area contributed by atoms with Crippen LogP contribution in [0.1, 0.15) is 33.6 Å². The Balaban J connectivity index is 1.21. The third kappa shape index (κ3) is 4.17. The van der Waals surface area contributed by atoms with Crippen LogP contribution in [0.5, 0.6) is 0 Å². The fourth-order valence-corrected chi connectivity index (χ4v) is 6.06. The van der Waals surface area contributed by atoms with Gasteiger partial charge in [0.05, 0.1) is 5.69 Å². The van der Waals surface area contributed by atoms with E-state index in [0.29, 0.717) is 28.7 Å². The van der Waals surface area contributed by atoms with Crippen molar-refractivity contribution in [1.29, 1.82) is 0 Å². The molecule has 6 nitrogen and oxygen atoms in total. The first-order valence-corrected chi connectivity index (χ1v) is 12.4. The maximum Gasteiger partial charge on any atom is 0.263 e. The first kappa shape index (κ1) is 21.5. The van der Waals surface area contributed by atoms with E-state index in [0.717, 1.165) is 41.0 Å². The zero-order chi connectivity index (χ0) is 22.2. The van der Waals surface area contributed by atoms with Crippen molar-refractivity contribution >= 4 is 50.4 Å². The number of nitrogens with zero attached hydrogens (tertiary/aromatic N) is 2. The van der Waals surface area contributed by atoms with Crippen molar-refractivity contribution in [3.63, 3.8) is 0 Å². The SMILES string of the molecule is CNc1c(C(=O)NCCc2ccc(N3CC4CCC(C3)N4)cc2)sc2nc(Cl)c(C)cc12. The van der Waals surface area contributed by atoms with E-state index < -0.39 is 0 Å². The summed E-state index contributed by atoms with van der Waals surface area (Å²) in [5.41, 5.74) is 4.23. The van der Waals surface area contributed by atoms with Crippen LogP contribution in [0.4, 0.5) is 11.4 Å². The normalized spacial score (nSPS) is 20.0.